The Bertz CT molecular complexity index is 251. The fraction of sp³-hybridized carbons (Fsp3) is 0. The fourth-order valence-electron chi connectivity index (χ4n) is 0.215. The van der Waals surface area contributed by atoms with Crippen LogP contribution in [0.15, 0.2) is 34.8 Å². The number of hydrogen-bond donors (Lipinski definition) is 1. The molecule has 0 aliphatic carbocycles. The molecule has 0 saturated heterocycles. The normalized spacial score (nSPS) is 9.67. The third kappa shape index (κ3) is 3.25. The van der Waals surface area contributed by atoms with Crippen LogP contribution in [-0.2, 0) is 9.59 Å². The number of carbonyl (C=O) groups is 2. The molecule has 1 radical (unpaired) electrons. The summed E-state index contributed by atoms with van der Waals surface area (Å²) in [5.74, 6) is -1.92. The summed E-state index contributed by atoms with van der Waals surface area (Å²) in [6.07, 6.45) is 0. The van der Waals surface area contributed by atoms with Crippen molar-refractivity contribution in [2.45, 2.75) is 0 Å². The first kappa shape index (κ1) is 10.0. The molecule has 2 amide bonds. The highest BCUT2D eigenvalue weighted by molar-refractivity contribution is 5.91. The molecule has 12 heavy (non-hydrogen) atoms. The number of nitrogens with zero attached hydrogens (tertiary/aromatic N) is 2. The Morgan fingerprint density at radius 1 is 1.17 bits per heavy atom. The first-order chi connectivity index (χ1) is 5.45. The summed E-state index contributed by atoms with van der Waals surface area (Å²) in [6, 6.07) is 0. The van der Waals surface area contributed by atoms with E-state index in [0.717, 1.165) is 0 Å². The van der Waals surface area contributed by atoms with E-state index >= 15 is 0 Å². The monoisotopic (exact) mass is 167 g/mol. The smallest absolute Gasteiger partial charge is 0.289 e. The number of amides is 2. The highest BCUT2D eigenvalue weighted by atomic mass is 16.1. The first-order valence-electron chi connectivity index (χ1n) is 2.80. The summed E-state index contributed by atoms with van der Waals surface area (Å²) in [6.45, 7) is 6.23. The van der Waals surface area contributed by atoms with Crippen LogP contribution in [0.3, 0.4) is 0 Å². The molecule has 0 rings (SSSR count). The van der Waals surface area contributed by atoms with Gasteiger partial charge in [-0.3, -0.25) is 15.3 Å². The van der Waals surface area contributed by atoms with Crippen LogP contribution in [0.25, 0.3) is 0 Å². The van der Waals surface area contributed by atoms with Gasteiger partial charge in [0.05, 0.1) is 0 Å². The van der Waals surface area contributed by atoms with Gasteiger partial charge >= 0.3 is 0 Å². The molecule has 0 fully saturated rings. The Hall–Kier alpha value is -1.98. The summed E-state index contributed by atoms with van der Waals surface area (Å²) < 4.78 is 0. The first-order valence-corrected chi connectivity index (χ1v) is 2.80. The van der Waals surface area contributed by atoms with E-state index in [-0.39, 0.29) is 11.4 Å². The van der Waals surface area contributed by atoms with E-state index in [1.54, 1.807) is 0 Å². The maximum absolute atomic E-state index is 10.3. The molecule has 0 heterocycles. The molecule has 0 aliphatic rings. The summed E-state index contributed by atoms with van der Waals surface area (Å²) >= 11 is 0. The second-order valence-corrected chi connectivity index (χ2v) is 1.79. The highest BCUT2D eigenvalue weighted by Gasteiger charge is 2.01. The van der Waals surface area contributed by atoms with Gasteiger partial charge in [0.15, 0.2) is 0 Å². The Labute approximate surface area is 68.6 Å². The number of nitrogens with one attached hydrogen (secondary N) is 1. The van der Waals surface area contributed by atoms with Crippen molar-refractivity contribution in [2.24, 2.45) is 16.0 Å². The van der Waals surface area contributed by atoms with Gasteiger partial charge in [-0.25, -0.2) is 0 Å². The molecule has 0 aliphatic heterocycles. The second-order valence-electron chi connectivity index (χ2n) is 1.79. The van der Waals surface area contributed by atoms with Crippen LogP contribution < -0.4 is 11.5 Å². The van der Waals surface area contributed by atoms with Gasteiger partial charge in [0.25, 0.3) is 11.8 Å². The van der Waals surface area contributed by atoms with Crippen molar-refractivity contribution in [2.75, 3.05) is 0 Å². The number of hydrogen-bond acceptors (Lipinski definition) is 4. The molecular formula is C6H7N4O2. The van der Waals surface area contributed by atoms with Crippen molar-refractivity contribution in [3.63, 3.8) is 0 Å². The lowest BCUT2D eigenvalue weighted by molar-refractivity contribution is -0.116. The number of rotatable bonds is 4. The Kier molecular flexibility index (Phi) is 3.35. The van der Waals surface area contributed by atoms with Gasteiger partial charge in [-0.05, 0) is 0 Å². The summed E-state index contributed by atoms with van der Waals surface area (Å²) in [4.78, 5) is 20.5. The predicted octanol–water partition coefficient (Wildman–Crippen LogP) is -0.239. The van der Waals surface area contributed by atoms with E-state index in [1.165, 1.54) is 0 Å². The topological polar surface area (TPSA) is 109 Å². The van der Waals surface area contributed by atoms with Gasteiger partial charge in [-0.2, -0.15) is 0 Å². The third-order valence-electron chi connectivity index (χ3n) is 0.838. The van der Waals surface area contributed by atoms with Crippen molar-refractivity contribution in [3.05, 3.63) is 24.6 Å². The van der Waals surface area contributed by atoms with Crippen LogP contribution in [0.5, 0.6) is 0 Å². The van der Waals surface area contributed by atoms with E-state index < -0.39 is 11.8 Å². The zero-order chi connectivity index (χ0) is 9.72. The molecule has 6 heteroatoms. The number of primary amides is 1. The second kappa shape index (κ2) is 4.02. The van der Waals surface area contributed by atoms with Gasteiger partial charge in [-0.15, -0.1) is 10.2 Å². The minimum Gasteiger partial charge on any atom is -0.364 e. The standard InChI is InChI=1S/C6H7N4O2/c1-3(5(7)11)9-10-4(2)6(8)12/h7H,1-2H2,(H2,8,12). The lowest BCUT2D eigenvalue weighted by Crippen LogP contribution is -2.11. The summed E-state index contributed by atoms with van der Waals surface area (Å²) in [5, 5.41) is 6.30. The molecule has 0 atom stereocenters. The van der Waals surface area contributed by atoms with Crippen molar-refractivity contribution < 1.29 is 9.59 Å². The highest BCUT2D eigenvalue weighted by Crippen LogP contribution is 1.97. The van der Waals surface area contributed by atoms with Gasteiger partial charge < -0.3 is 5.73 Å². The average molecular weight is 167 g/mol. The van der Waals surface area contributed by atoms with Crippen molar-refractivity contribution >= 4 is 11.8 Å². The molecule has 0 saturated carbocycles. The number of carbonyl (C=O) groups excluding carboxylic acids is 2. The van der Waals surface area contributed by atoms with Crippen LogP contribution >= 0.6 is 0 Å². The Morgan fingerprint density at radius 3 is 1.92 bits per heavy atom. The molecule has 3 N–H and O–H groups in total. The van der Waals surface area contributed by atoms with Crippen LogP contribution in [-0.4, -0.2) is 11.8 Å². The van der Waals surface area contributed by atoms with Crippen LogP contribution in [0.4, 0.5) is 0 Å². The molecule has 0 spiro atoms. The number of azo groups is 1. The quantitative estimate of drug-likeness (QED) is 0.460. The largest absolute Gasteiger partial charge is 0.364 e. The maximum Gasteiger partial charge on any atom is 0.289 e. The Balaban J connectivity index is 4.26. The van der Waals surface area contributed by atoms with Gasteiger partial charge in [0.2, 0.25) is 0 Å². The van der Waals surface area contributed by atoms with Crippen LogP contribution in [0, 0.1) is 0 Å². The molecule has 0 bridgehead atoms. The maximum atomic E-state index is 10.3. The van der Waals surface area contributed by atoms with Crippen LogP contribution in [0.2, 0.25) is 0 Å². The molecule has 63 valence electrons. The Morgan fingerprint density at radius 2 is 1.58 bits per heavy atom. The zero-order valence-corrected chi connectivity index (χ0v) is 6.20. The van der Waals surface area contributed by atoms with Gasteiger partial charge in [0, 0.05) is 0 Å². The summed E-state index contributed by atoms with van der Waals surface area (Å²) in [5.41, 5.74) is 10.6. The van der Waals surface area contributed by atoms with Gasteiger partial charge in [0.1, 0.15) is 11.4 Å². The molecule has 0 unspecified atom stereocenters. The SMILES string of the molecule is C=C(N=NC(=C)C(N)=O)C([NH])=O. The third-order valence-corrected chi connectivity index (χ3v) is 0.838. The molecule has 0 aromatic heterocycles. The van der Waals surface area contributed by atoms with E-state index in [1.807, 2.05) is 0 Å². The van der Waals surface area contributed by atoms with E-state index in [2.05, 4.69) is 23.4 Å². The minimum absolute atomic E-state index is 0.294. The lowest BCUT2D eigenvalue weighted by Gasteiger charge is -1.90. The molecule has 6 nitrogen and oxygen atoms in total. The van der Waals surface area contributed by atoms with Crippen molar-refractivity contribution in [1.29, 1.82) is 0 Å². The zero-order valence-electron chi connectivity index (χ0n) is 6.20. The fourth-order valence-corrected chi connectivity index (χ4v) is 0.215. The van der Waals surface area contributed by atoms with Crippen molar-refractivity contribution in [1.82, 2.24) is 5.73 Å². The van der Waals surface area contributed by atoms with Crippen LogP contribution in [0.1, 0.15) is 0 Å². The minimum atomic E-state index is -1.07. The van der Waals surface area contributed by atoms with Crippen molar-refractivity contribution in [3.8, 4) is 0 Å². The van der Waals surface area contributed by atoms with E-state index in [0.29, 0.717) is 0 Å². The van der Waals surface area contributed by atoms with Gasteiger partial charge in [-0.1, -0.05) is 13.2 Å². The average Bonchev–Trinajstić information content (AvgIpc) is 1.98. The predicted molar refractivity (Wildman–Crippen MR) is 40.4 cm³/mol. The summed E-state index contributed by atoms with van der Waals surface area (Å²) in [7, 11) is 0. The van der Waals surface area contributed by atoms with E-state index in [9.17, 15) is 9.59 Å². The lowest BCUT2D eigenvalue weighted by atomic mass is 10.5. The number of nitrogens with two attached hydrogens (primary N) is 1. The molecule has 0 aromatic rings. The molecule has 0 aromatic carbocycles. The van der Waals surface area contributed by atoms with E-state index in [4.69, 9.17) is 11.5 Å². The molecular weight excluding hydrogens is 160 g/mol.